The maximum absolute atomic E-state index is 11.1. The van der Waals surface area contributed by atoms with E-state index in [9.17, 15) is 9.90 Å². The van der Waals surface area contributed by atoms with Crippen molar-refractivity contribution in [3.05, 3.63) is 23.3 Å². The van der Waals surface area contributed by atoms with Crippen molar-refractivity contribution < 1.29 is 15.0 Å². The number of aromatic carboxylic acids is 1. The van der Waals surface area contributed by atoms with E-state index in [1.54, 1.807) is 13.0 Å². The van der Waals surface area contributed by atoms with Crippen molar-refractivity contribution in [2.24, 2.45) is 0 Å². The number of carboxylic acid groups (broad SMARTS) is 1. The van der Waals surface area contributed by atoms with Crippen LogP contribution in [0.1, 0.15) is 28.8 Å². The Morgan fingerprint density at radius 2 is 2.22 bits per heavy atom. The summed E-state index contributed by atoms with van der Waals surface area (Å²) in [4.78, 5) is 13.1. The first-order valence-electron chi connectivity index (χ1n) is 6.05. The molecule has 5 heteroatoms. The van der Waals surface area contributed by atoms with Crippen LogP contribution in [0.3, 0.4) is 0 Å². The van der Waals surface area contributed by atoms with Crippen molar-refractivity contribution >= 4 is 17.3 Å². The van der Waals surface area contributed by atoms with Crippen LogP contribution in [-0.2, 0) is 0 Å². The molecular weight excluding hydrogens is 232 g/mol. The number of carboxylic acids is 1. The SMILES string of the molecule is Cc1cc(N2CCCC(O)C2)cc(C(=O)O)c1N. The van der Waals surface area contributed by atoms with Crippen molar-refractivity contribution in [1.82, 2.24) is 0 Å². The third kappa shape index (κ3) is 2.41. The molecule has 98 valence electrons. The van der Waals surface area contributed by atoms with Gasteiger partial charge in [0.2, 0.25) is 0 Å². The first-order chi connectivity index (χ1) is 8.49. The van der Waals surface area contributed by atoms with E-state index in [1.165, 1.54) is 0 Å². The van der Waals surface area contributed by atoms with Gasteiger partial charge in [-0.1, -0.05) is 0 Å². The van der Waals surface area contributed by atoms with E-state index in [1.807, 2.05) is 11.0 Å². The molecule has 1 aliphatic rings. The summed E-state index contributed by atoms with van der Waals surface area (Å²) in [5.74, 6) is -1.02. The monoisotopic (exact) mass is 250 g/mol. The van der Waals surface area contributed by atoms with E-state index in [-0.39, 0.29) is 11.7 Å². The van der Waals surface area contributed by atoms with Gasteiger partial charge >= 0.3 is 5.97 Å². The highest BCUT2D eigenvalue weighted by Crippen LogP contribution is 2.27. The van der Waals surface area contributed by atoms with Gasteiger partial charge in [0.1, 0.15) is 0 Å². The number of rotatable bonds is 2. The van der Waals surface area contributed by atoms with Crippen molar-refractivity contribution in [3.8, 4) is 0 Å². The molecule has 0 amide bonds. The summed E-state index contributed by atoms with van der Waals surface area (Å²) in [5, 5.41) is 18.8. The number of nitrogen functional groups attached to an aromatic ring is 1. The minimum Gasteiger partial charge on any atom is -0.478 e. The van der Waals surface area contributed by atoms with Crippen molar-refractivity contribution in [1.29, 1.82) is 0 Å². The number of nitrogens with two attached hydrogens (primary N) is 1. The van der Waals surface area contributed by atoms with E-state index in [2.05, 4.69) is 0 Å². The zero-order valence-electron chi connectivity index (χ0n) is 10.4. The van der Waals surface area contributed by atoms with E-state index >= 15 is 0 Å². The van der Waals surface area contributed by atoms with E-state index in [0.29, 0.717) is 12.2 Å². The van der Waals surface area contributed by atoms with Gasteiger partial charge in [0.25, 0.3) is 0 Å². The number of benzene rings is 1. The molecule has 0 saturated carbocycles. The largest absolute Gasteiger partial charge is 0.478 e. The Balaban J connectivity index is 2.36. The lowest BCUT2D eigenvalue weighted by Gasteiger charge is -2.32. The second-order valence-corrected chi connectivity index (χ2v) is 4.77. The number of anilines is 2. The Bertz CT molecular complexity index is 474. The predicted molar refractivity (Wildman–Crippen MR) is 70.0 cm³/mol. The second kappa shape index (κ2) is 4.86. The average Bonchev–Trinajstić information content (AvgIpc) is 2.32. The molecule has 1 unspecified atom stereocenters. The van der Waals surface area contributed by atoms with Crippen LogP contribution >= 0.6 is 0 Å². The van der Waals surface area contributed by atoms with Crippen molar-refractivity contribution in [3.63, 3.8) is 0 Å². The van der Waals surface area contributed by atoms with Crippen molar-refractivity contribution in [2.75, 3.05) is 23.7 Å². The van der Waals surface area contributed by atoms with Gasteiger partial charge in [-0.2, -0.15) is 0 Å². The summed E-state index contributed by atoms with van der Waals surface area (Å²) in [5.41, 5.74) is 7.77. The van der Waals surface area contributed by atoms with Crippen LogP contribution in [0.2, 0.25) is 0 Å². The highest BCUT2D eigenvalue weighted by atomic mass is 16.4. The third-order valence-corrected chi connectivity index (χ3v) is 3.36. The van der Waals surface area contributed by atoms with Gasteiger partial charge in [-0.15, -0.1) is 0 Å². The third-order valence-electron chi connectivity index (χ3n) is 3.36. The quantitative estimate of drug-likeness (QED) is 0.687. The van der Waals surface area contributed by atoms with E-state index in [0.717, 1.165) is 30.6 Å². The Labute approximate surface area is 106 Å². The minimum atomic E-state index is -1.02. The molecule has 0 bridgehead atoms. The van der Waals surface area contributed by atoms with Gasteiger partial charge < -0.3 is 20.8 Å². The van der Waals surface area contributed by atoms with Crippen LogP contribution in [0.15, 0.2) is 12.1 Å². The molecule has 1 saturated heterocycles. The Morgan fingerprint density at radius 3 is 2.83 bits per heavy atom. The number of aryl methyl sites for hydroxylation is 1. The zero-order valence-corrected chi connectivity index (χ0v) is 10.4. The lowest BCUT2D eigenvalue weighted by Crippen LogP contribution is -2.38. The minimum absolute atomic E-state index is 0.130. The standard InChI is InChI=1S/C13H18N2O3/c1-8-5-9(6-11(12(8)14)13(17)18)15-4-2-3-10(16)7-15/h5-6,10,16H,2-4,7,14H2,1H3,(H,17,18). The van der Waals surface area contributed by atoms with Crippen LogP contribution in [0.5, 0.6) is 0 Å². The van der Waals surface area contributed by atoms with Crippen LogP contribution < -0.4 is 10.6 Å². The van der Waals surface area contributed by atoms with Gasteiger partial charge in [-0.3, -0.25) is 0 Å². The smallest absolute Gasteiger partial charge is 0.337 e. The van der Waals surface area contributed by atoms with Gasteiger partial charge in [0.15, 0.2) is 0 Å². The lowest BCUT2D eigenvalue weighted by atomic mass is 10.0. The summed E-state index contributed by atoms with van der Waals surface area (Å²) in [6.45, 7) is 3.17. The fraction of sp³-hybridized carbons (Fsp3) is 0.462. The molecule has 2 rings (SSSR count). The lowest BCUT2D eigenvalue weighted by molar-refractivity contribution is 0.0698. The maximum atomic E-state index is 11.1. The fourth-order valence-electron chi connectivity index (χ4n) is 2.33. The van der Waals surface area contributed by atoms with Gasteiger partial charge in [-0.25, -0.2) is 4.79 Å². The Morgan fingerprint density at radius 1 is 1.50 bits per heavy atom. The maximum Gasteiger partial charge on any atom is 0.337 e. The topological polar surface area (TPSA) is 86.8 Å². The molecule has 0 aromatic heterocycles. The second-order valence-electron chi connectivity index (χ2n) is 4.77. The number of aliphatic hydroxyl groups excluding tert-OH is 1. The number of piperidine rings is 1. The molecule has 1 aromatic carbocycles. The van der Waals surface area contributed by atoms with Crippen LogP contribution in [-0.4, -0.2) is 35.4 Å². The summed E-state index contributed by atoms with van der Waals surface area (Å²) in [7, 11) is 0. The Kier molecular flexibility index (Phi) is 3.43. The molecule has 5 nitrogen and oxygen atoms in total. The average molecular weight is 250 g/mol. The summed E-state index contributed by atoms with van der Waals surface area (Å²) < 4.78 is 0. The first kappa shape index (κ1) is 12.7. The number of aliphatic hydroxyl groups is 1. The van der Waals surface area contributed by atoms with Gasteiger partial charge in [-0.05, 0) is 37.5 Å². The molecule has 0 radical (unpaired) electrons. The van der Waals surface area contributed by atoms with Crippen LogP contribution in [0.4, 0.5) is 11.4 Å². The molecule has 4 N–H and O–H groups in total. The molecule has 1 atom stereocenters. The molecule has 1 aromatic rings. The molecule has 0 aliphatic carbocycles. The summed E-state index contributed by atoms with van der Waals surface area (Å²) >= 11 is 0. The number of β-amino-alcohol motifs (C(OH)–C–C–N with tert-alkyl or cyclic N) is 1. The highest BCUT2D eigenvalue weighted by molar-refractivity contribution is 5.95. The molecule has 0 spiro atoms. The molecule has 1 aliphatic heterocycles. The summed E-state index contributed by atoms with van der Waals surface area (Å²) in [6.07, 6.45) is 1.37. The summed E-state index contributed by atoms with van der Waals surface area (Å²) in [6, 6.07) is 3.46. The van der Waals surface area contributed by atoms with Gasteiger partial charge in [0, 0.05) is 24.5 Å². The van der Waals surface area contributed by atoms with E-state index in [4.69, 9.17) is 10.8 Å². The molecular formula is C13H18N2O3. The van der Waals surface area contributed by atoms with Crippen LogP contribution in [0, 0.1) is 6.92 Å². The molecule has 1 heterocycles. The normalized spacial score (nSPS) is 19.9. The number of carbonyl (C=O) groups is 1. The van der Waals surface area contributed by atoms with E-state index < -0.39 is 5.97 Å². The van der Waals surface area contributed by atoms with Crippen LogP contribution in [0.25, 0.3) is 0 Å². The number of hydrogen-bond donors (Lipinski definition) is 3. The molecule has 18 heavy (non-hydrogen) atoms. The zero-order chi connectivity index (χ0) is 13.3. The van der Waals surface area contributed by atoms with Crippen molar-refractivity contribution in [2.45, 2.75) is 25.9 Å². The molecule has 1 fully saturated rings. The highest BCUT2D eigenvalue weighted by Gasteiger charge is 2.20. The predicted octanol–water partition coefficient (Wildman–Crippen LogP) is 1.24. The Hall–Kier alpha value is -1.75. The number of nitrogens with zero attached hydrogens (tertiary/aromatic N) is 1. The number of hydrogen-bond acceptors (Lipinski definition) is 4. The van der Waals surface area contributed by atoms with Gasteiger partial charge in [0.05, 0.1) is 11.7 Å². The first-order valence-corrected chi connectivity index (χ1v) is 6.05. The fourth-order valence-corrected chi connectivity index (χ4v) is 2.33.